The molecule has 5 rings (SSSR count). The predicted octanol–water partition coefficient (Wildman–Crippen LogP) is 4.81. The van der Waals surface area contributed by atoms with E-state index in [2.05, 4.69) is 5.32 Å². The third-order valence-corrected chi connectivity index (χ3v) is 7.73. The summed E-state index contributed by atoms with van der Waals surface area (Å²) >= 11 is 0. The Bertz CT molecular complexity index is 1280. The fourth-order valence-electron chi connectivity index (χ4n) is 5.72. The second-order valence-corrected chi connectivity index (χ2v) is 10.2. The highest BCUT2D eigenvalue weighted by Gasteiger charge is 2.48. The summed E-state index contributed by atoms with van der Waals surface area (Å²) < 4.78 is 18.9. The van der Waals surface area contributed by atoms with Crippen LogP contribution in [0.25, 0.3) is 11.1 Å². The lowest BCUT2D eigenvalue weighted by Gasteiger charge is -2.44. The van der Waals surface area contributed by atoms with Crippen LogP contribution in [0.1, 0.15) is 67.3 Å². The first-order valence-electron chi connectivity index (χ1n) is 12.8. The van der Waals surface area contributed by atoms with Crippen LogP contribution in [0.5, 0.6) is 11.5 Å². The molecule has 1 fully saturated rings. The zero-order chi connectivity index (χ0) is 25.4. The van der Waals surface area contributed by atoms with Crippen LogP contribution in [0, 0.1) is 6.92 Å². The second-order valence-electron chi connectivity index (χ2n) is 10.2. The minimum Gasteiger partial charge on any atom is -0.493 e. The molecule has 0 bridgehead atoms. The third-order valence-electron chi connectivity index (χ3n) is 7.73. The van der Waals surface area contributed by atoms with Gasteiger partial charge in [0, 0.05) is 23.7 Å². The van der Waals surface area contributed by atoms with Crippen molar-refractivity contribution in [3.63, 3.8) is 0 Å². The van der Waals surface area contributed by atoms with E-state index in [9.17, 15) is 9.59 Å². The van der Waals surface area contributed by atoms with Crippen molar-refractivity contribution in [3.8, 4) is 11.5 Å². The summed E-state index contributed by atoms with van der Waals surface area (Å²) in [5.74, 6) is 1.58. The van der Waals surface area contributed by atoms with E-state index < -0.39 is 5.54 Å². The van der Waals surface area contributed by atoms with Crippen molar-refractivity contribution in [1.29, 1.82) is 0 Å². The summed E-state index contributed by atoms with van der Waals surface area (Å²) in [6.07, 6.45) is 6.58. The van der Waals surface area contributed by atoms with Gasteiger partial charge >= 0.3 is 0 Å². The number of hydrogen-bond donors (Lipinski definition) is 1. The third kappa shape index (κ3) is 4.12. The lowest BCUT2D eigenvalue weighted by atomic mass is 9.92. The van der Waals surface area contributed by atoms with Gasteiger partial charge in [-0.25, -0.2) is 0 Å². The highest BCUT2D eigenvalue weighted by Crippen LogP contribution is 2.38. The number of benzene rings is 1. The normalized spacial score (nSPS) is 20.8. The fourth-order valence-corrected chi connectivity index (χ4v) is 5.72. The van der Waals surface area contributed by atoms with Crippen LogP contribution in [0.4, 0.5) is 0 Å². The van der Waals surface area contributed by atoms with Crippen molar-refractivity contribution in [3.05, 3.63) is 47.3 Å². The van der Waals surface area contributed by atoms with Gasteiger partial charge in [0.15, 0.2) is 17.1 Å². The molecule has 3 heterocycles. The zero-order valence-corrected chi connectivity index (χ0v) is 21.6. The Hall–Kier alpha value is -3.42. The number of fused-ring (bicyclic) bond motifs is 3. The van der Waals surface area contributed by atoms with Crippen LogP contribution in [-0.4, -0.2) is 47.1 Å². The average Bonchev–Trinajstić information content (AvgIpc) is 3.26. The number of aryl methyl sites for hydroxylation is 1. The van der Waals surface area contributed by atoms with E-state index in [-0.39, 0.29) is 24.4 Å². The van der Waals surface area contributed by atoms with Gasteiger partial charge in [0.05, 0.1) is 32.8 Å². The lowest BCUT2D eigenvalue weighted by Crippen LogP contribution is -2.64. The molecule has 8 heteroatoms. The fraction of sp³-hybridized carbons (Fsp3) is 0.500. The van der Waals surface area contributed by atoms with Crippen LogP contribution < -0.4 is 14.8 Å². The summed E-state index contributed by atoms with van der Waals surface area (Å²) in [5, 5.41) is 3.31. The van der Waals surface area contributed by atoms with Crippen molar-refractivity contribution < 1.29 is 23.5 Å². The molecule has 1 aromatic carbocycles. The van der Waals surface area contributed by atoms with Gasteiger partial charge < -0.3 is 28.7 Å². The topological polar surface area (TPSA) is 85.9 Å². The molecule has 2 aromatic heterocycles. The maximum atomic E-state index is 14.0. The van der Waals surface area contributed by atoms with Gasteiger partial charge in [-0.15, -0.1) is 0 Å². The standard InChI is InChI=1S/C28H35N3O5/c1-18-14-21-24(36-18)15-22-26(32)31(16-19-10-9-13-23(34-3)25(19)35-4)28(2,17-30(21)22)27(33)29-20-11-7-5-6-8-12-20/h9-10,13-15,20H,5-8,11-12,16-17H2,1-4H3,(H,29,33). The van der Waals surface area contributed by atoms with E-state index in [4.69, 9.17) is 13.9 Å². The number of methoxy groups -OCH3 is 2. The van der Waals surface area contributed by atoms with E-state index in [0.29, 0.717) is 29.3 Å². The van der Waals surface area contributed by atoms with E-state index >= 15 is 0 Å². The summed E-state index contributed by atoms with van der Waals surface area (Å²) in [6.45, 7) is 4.29. The van der Waals surface area contributed by atoms with Gasteiger partial charge in [0.25, 0.3) is 5.91 Å². The predicted molar refractivity (Wildman–Crippen MR) is 136 cm³/mol. The Morgan fingerprint density at radius 3 is 2.58 bits per heavy atom. The van der Waals surface area contributed by atoms with Gasteiger partial charge in [-0.3, -0.25) is 9.59 Å². The molecule has 1 aliphatic carbocycles. The molecule has 1 unspecified atom stereocenters. The SMILES string of the molecule is COc1cccc(CN2C(=O)c3cc4oc(C)cc4n3CC2(C)C(=O)NC2CCCCCC2)c1OC. The molecule has 0 saturated heterocycles. The maximum absolute atomic E-state index is 14.0. The van der Waals surface area contributed by atoms with E-state index in [1.807, 2.05) is 42.7 Å². The average molecular weight is 494 g/mol. The van der Waals surface area contributed by atoms with Crippen LogP contribution in [0.2, 0.25) is 0 Å². The van der Waals surface area contributed by atoms with Crippen LogP contribution in [0.3, 0.4) is 0 Å². The van der Waals surface area contributed by atoms with Gasteiger partial charge in [0.1, 0.15) is 17.0 Å². The number of nitrogens with one attached hydrogen (secondary N) is 1. The minimum atomic E-state index is -1.11. The number of ether oxygens (including phenoxy) is 2. The zero-order valence-electron chi connectivity index (χ0n) is 21.6. The highest BCUT2D eigenvalue weighted by molar-refractivity contribution is 6.03. The van der Waals surface area contributed by atoms with Gasteiger partial charge in [-0.2, -0.15) is 0 Å². The first-order chi connectivity index (χ1) is 17.4. The Kier molecular flexibility index (Phi) is 6.45. The monoisotopic (exact) mass is 493 g/mol. The number of para-hydroxylation sites is 1. The van der Waals surface area contributed by atoms with Gasteiger partial charge in [0.2, 0.25) is 5.91 Å². The number of nitrogens with zero attached hydrogens (tertiary/aromatic N) is 2. The molecule has 2 amide bonds. The van der Waals surface area contributed by atoms with Crippen molar-refractivity contribution in [2.45, 2.75) is 77.0 Å². The van der Waals surface area contributed by atoms with Gasteiger partial charge in [-0.05, 0) is 32.8 Å². The van der Waals surface area contributed by atoms with Crippen molar-refractivity contribution in [2.75, 3.05) is 14.2 Å². The first kappa shape index (κ1) is 24.3. The number of carbonyl (C=O) groups excluding carboxylic acids is 2. The second kappa shape index (κ2) is 9.56. The van der Waals surface area contributed by atoms with Crippen LogP contribution in [-0.2, 0) is 17.9 Å². The highest BCUT2D eigenvalue weighted by atomic mass is 16.5. The Morgan fingerprint density at radius 2 is 1.89 bits per heavy atom. The smallest absolute Gasteiger partial charge is 0.271 e. The van der Waals surface area contributed by atoms with E-state index in [0.717, 1.165) is 42.5 Å². The number of hydrogen-bond acceptors (Lipinski definition) is 5. The molecule has 0 spiro atoms. The molecule has 1 N–H and O–H groups in total. The van der Waals surface area contributed by atoms with Crippen LogP contribution in [0.15, 0.2) is 34.7 Å². The molecular formula is C28H35N3O5. The summed E-state index contributed by atoms with van der Waals surface area (Å²) in [4.78, 5) is 29.7. The summed E-state index contributed by atoms with van der Waals surface area (Å²) in [6, 6.07) is 9.43. The Labute approximate surface area is 211 Å². The Balaban J connectivity index is 1.56. The molecular weight excluding hydrogens is 458 g/mol. The molecule has 0 radical (unpaired) electrons. The lowest BCUT2D eigenvalue weighted by molar-refractivity contribution is -0.134. The number of rotatable bonds is 6. The first-order valence-corrected chi connectivity index (χ1v) is 12.8. The molecule has 8 nitrogen and oxygen atoms in total. The number of furan rings is 1. The van der Waals surface area contributed by atoms with Crippen molar-refractivity contribution >= 4 is 22.9 Å². The molecule has 1 atom stereocenters. The molecule has 2 aliphatic rings. The van der Waals surface area contributed by atoms with Gasteiger partial charge in [-0.1, -0.05) is 37.8 Å². The van der Waals surface area contributed by atoms with Crippen molar-refractivity contribution in [2.24, 2.45) is 0 Å². The molecule has 1 aliphatic heterocycles. The quantitative estimate of drug-likeness (QED) is 0.498. The molecule has 1 saturated carbocycles. The molecule has 36 heavy (non-hydrogen) atoms. The molecule has 3 aromatic rings. The number of carbonyl (C=O) groups is 2. The summed E-state index contributed by atoms with van der Waals surface area (Å²) in [7, 11) is 3.17. The maximum Gasteiger partial charge on any atom is 0.271 e. The Morgan fingerprint density at radius 1 is 1.14 bits per heavy atom. The van der Waals surface area contributed by atoms with E-state index in [1.165, 1.54) is 12.8 Å². The minimum absolute atomic E-state index is 0.127. The summed E-state index contributed by atoms with van der Waals surface area (Å²) in [5.41, 5.74) is 1.68. The molecule has 192 valence electrons. The van der Waals surface area contributed by atoms with E-state index in [1.54, 1.807) is 25.2 Å². The number of amides is 2. The van der Waals surface area contributed by atoms with Crippen molar-refractivity contribution in [1.82, 2.24) is 14.8 Å². The largest absolute Gasteiger partial charge is 0.493 e. The number of aromatic nitrogens is 1. The van der Waals surface area contributed by atoms with Crippen LogP contribution >= 0.6 is 0 Å².